The van der Waals surface area contributed by atoms with Gasteiger partial charge in [0, 0.05) is 24.4 Å². The van der Waals surface area contributed by atoms with Crippen molar-refractivity contribution in [2.75, 3.05) is 26.3 Å². The summed E-state index contributed by atoms with van der Waals surface area (Å²) < 4.78 is 5.11. The average Bonchev–Trinajstić information content (AvgIpc) is 2.01. The summed E-state index contributed by atoms with van der Waals surface area (Å²) in [5.41, 5.74) is 5.39. The fraction of sp³-hybridized carbons (Fsp3) is 0.889. The van der Waals surface area contributed by atoms with Crippen LogP contribution in [0.5, 0.6) is 0 Å². The molecule has 1 unspecified atom stereocenters. The van der Waals surface area contributed by atoms with Gasteiger partial charge in [-0.15, -0.1) is 0 Å². The van der Waals surface area contributed by atoms with Crippen LogP contribution in [0, 0.1) is 11.3 Å². The van der Waals surface area contributed by atoms with Crippen LogP contribution in [0.3, 0.4) is 0 Å². The first-order chi connectivity index (χ1) is 6.03. The van der Waals surface area contributed by atoms with E-state index in [1.54, 1.807) is 0 Å². The fourth-order valence-electron chi connectivity index (χ4n) is 1.24. The van der Waals surface area contributed by atoms with Gasteiger partial charge in [0.05, 0.1) is 13.2 Å². The van der Waals surface area contributed by atoms with Gasteiger partial charge in [0.25, 0.3) is 0 Å². The van der Waals surface area contributed by atoms with E-state index in [9.17, 15) is 4.79 Å². The molecule has 1 heterocycles. The monoisotopic (exact) mass is 186 g/mol. The molecule has 1 aliphatic heterocycles. The third kappa shape index (κ3) is 2.97. The number of carbonyl (C=O) groups excluding carboxylic acids is 1. The van der Waals surface area contributed by atoms with Gasteiger partial charge in [0.1, 0.15) is 0 Å². The summed E-state index contributed by atoms with van der Waals surface area (Å²) in [6.45, 7) is 7.17. The van der Waals surface area contributed by atoms with E-state index in [0.717, 1.165) is 19.8 Å². The second-order valence-electron chi connectivity index (χ2n) is 4.24. The highest BCUT2D eigenvalue weighted by Gasteiger charge is 2.32. The van der Waals surface area contributed by atoms with Crippen LogP contribution in [-0.2, 0) is 9.53 Å². The van der Waals surface area contributed by atoms with Gasteiger partial charge in [0.15, 0.2) is 0 Å². The van der Waals surface area contributed by atoms with Crippen molar-refractivity contribution in [3.63, 3.8) is 0 Å². The molecule has 0 spiro atoms. The minimum atomic E-state index is -0.248. The molecule has 0 aliphatic carbocycles. The Bertz CT molecular complexity index is 190. The van der Waals surface area contributed by atoms with Gasteiger partial charge >= 0.3 is 0 Å². The fourth-order valence-corrected chi connectivity index (χ4v) is 1.24. The quantitative estimate of drug-likeness (QED) is 0.621. The molecule has 0 bridgehead atoms. The third-order valence-corrected chi connectivity index (χ3v) is 2.39. The van der Waals surface area contributed by atoms with Crippen LogP contribution >= 0.6 is 0 Å². The number of rotatable bonds is 5. The maximum Gasteiger partial charge on any atom is 0.221 e. The summed E-state index contributed by atoms with van der Waals surface area (Å²) in [5.74, 6) is -0.341. The molecule has 76 valence electrons. The molecule has 1 amide bonds. The molecule has 1 aliphatic rings. The van der Waals surface area contributed by atoms with Crippen molar-refractivity contribution < 1.29 is 9.53 Å². The van der Waals surface area contributed by atoms with E-state index in [1.165, 1.54) is 0 Å². The standard InChI is InChI=1S/C9H18N2O2/c1-7(8(10)12)3-11-4-9(2)5-13-6-9/h7,11H,3-6H2,1-2H3,(H2,10,12). The molecule has 3 N–H and O–H groups in total. The number of amides is 1. The number of nitrogens with one attached hydrogen (secondary N) is 1. The van der Waals surface area contributed by atoms with E-state index in [-0.39, 0.29) is 17.2 Å². The molecule has 13 heavy (non-hydrogen) atoms. The van der Waals surface area contributed by atoms with Crippen LogP contribution < -0.4 is 11.1 Å². The van der Waals surface area contributed by atoms with E-state index in [2.05, 4.69) is 12.2 Å². The Morgan fingerprint density at radius 1 is 1.69 bits per heavy atom. The van der Waals surface area contributed by atoms with Crippen molar-refractivity contribution >= 4 is 5.91 Å². The predicted octanol–water partition coefficient (Wildman–Crippen LogP) is -0.266. The molecule has 1 saturated heterocycles. The first kappa shape index (κ1) is 10.5. The molecule has 0 radical (unpaired) electrons. The van der Waals surface area contributed by atoms with Gasteiger partial charge in [-0.3, -0.25) is 4.79 Å². The number of hydrogen-bond acceptors (Lipinski definition) is 3. The first-order valence-corrected chi connectivity index (χ1v) is 4.61. The number of carbonyl (C=O) groups is 1. The maximum atomic E-state index is 10.7. The summed E-state index contributed by atoms with van der Waals surface area (Å²) in [4.78, 5) is 10.7. The Kier molecular flexibility index (Phi) is 3.27. The molecule has 0 aromatic heterocycles. The predicted molar refractivity (Wildman–Crippen MR) is 50.2 cm³/mol. The summed E-state index contributed by atoms with van der Waals surface area (Å²) >= 11 is 0. The normalized spacial score (nSPS) is 22.0. The molecule has 1 atom stereocenters. The van der Waals surface area contributed by atoms with Crippen molar-refractivity contribution in [1.29, 1.82) is 0 Å². The molecular weight excluding hydrogens is 168 g/mol. The minimum absolute atomic E-state index is 0.0930. The molecular formula is C9H18N2O2. The van der Waals surface area contributed by atoms with E-state index in [0.29, 0.717) is 6.54 Å². The van der Waals surface area contributed by atoms with Crippen molar-refractivity contribution in [2.24, 2.45) is 17.1 Å². The lowest BCUT2D eigenvalue weighted by Gasteiger charge is -2.38. The SMILES string of the molecule is CC(CNCC1(C)COC1)C(N)=O. The van der Waals surface area contributed by atoms with Gasteiger partial charge in [-0.25, -0.2) is 0 Å². The highest BCUT2D eigenvalue weighted by atomic mass is 16.5. The van der Waals surface area contributed by atoms with Gasteiger partial charge in [-0.1, -0.05) is 13.8 Å². The smallest absolute Gasteiger partial charge is 0.221 e. The Labute approximate surface area is 78.8 Å². The second-order valence-corrected chi connectivity index (χ2v) is 4.24. The van der Waals surface area contributed by atoms with Crippen molar-refractivity contribution in [2.45, 2.75) is 13.8 Å². The Morgan fingerprint density at radius 2 is 2.31 bits per heavy atom. The highest BCUT2D eigenvalue weighted by molar-refractivity contribution is 5.76. The molecule has 4 nitrogen and oxygen atoms in total. The third-order valence-electron chi connectivity index (χ3n) is 2.39. The zero-order valence-electron chi connectivity index (χ0n) is 8.30. The van der Waals surface area contributed by atoms with Crippen molar-refractivity contribution in [3.05, 3.63) is 0 Å². The van der Waals surface area contributed by atoms with E-state index in [4.69, 9.17) is 10.5 Å². The Balaban J connectivity index is 2.10. The maximum absolute atomic E-state index is 10.7. The molecule has 1 rings (SSSR count). The molecule has 4 heteroatoms. The van der Waals surface area contributed by atoms with E-state index < -0.39 is 0 Å². The number of hydrogen-bond donors (Lipinski definition) is 2. The van der Waals surface area contributed by atoms with Gasteiger partial charge < -0.3 is 15.8 Å². The van der Waals surface area contributed by atoms with Crippen LogP contribution in [0.1, 0.15) is 13.8 Å². The van der Waals surface area contributed by atoms with E-state index >= 15 is 0 Å². The molecule has 0 aromatic rings. The Morgan fingerprint density at radius 3 is 2.69 bits per heavy atom. The van der Waals surface area contributed by atoms with Crippen molar-refractivity contribution in [3.8, 4) is 0 Å². The largest absolute Gasteiger partial charge is 0.380 e. The number of primary amides is 1. The number of ether oxygens (including phenoxy) is 1. The minimum Gasteiger partial charge on any atom is -0.380 e. The van der Waals surface area contributed by atoms with Crippen LogP contribution in [0.2, 0.25) is 0 Å². The summed E-state index contributed by atoms with van der Waals surface area (Å²) in [5, 5.41) is 3.23. The second kappa shape index (κ2) is 4.07. The highest BCUT2D eigenvalue weighted by Crippen LogP contribution is 2.24. The lowest BCUT2D eigenvalue weighted by molar-refractivity contribution is -0.121. The van der Waals surface area contributed by atoms with Gasteiger partial charge in [-0.2, -0.15) is 0 Å². The van der Waals surface area contributed by atoms with Gasteiger partial charge in [0.2, 0.25) is 5.91 Å². The first-order valence-electron chi connectivity index (χ1n) is 4.61. The topological polar surface area (TPSA) is 64.3 Å². The summed E-state index contributed by atoms with van der Waals surface area (Å²) in [6, 6.07) is 0. The average molecular weight is 186 g/mol. The lowest BCUT2D eigenvalue weighted by Crippen LogP contribution is -2.48. The number of nitrogens with two attached hydrogens (primary N) is 1. The molecule has 1 fully saturated rings. The van der Waals surface area contributed by atoms with Crippen LogP contribution in [0.4, 0.5) is 0 Å². The van der Waals surface area contributed by atoms with Crippen LogP contribution in [-0.4, -0.2) is 32.2 Å². The Hall–Kier alpha value is -0.610. The zero-order valence-corrected chi connectivity index (χ0v) is 8.30. The van der Waals surface area contributed by atoms with Crippen LogP contribution in [0.25, 0.3) is 0 Å². The van der Waals surface area contributed by atoms with Crippen LogP contribution in [0.15, 0.2) is 0 Å². The lowest BCUT2D eigenvalue weighted by atomic mass is 9.88. The summed E-state index contributed by atoms with van der Waals surface area (Å²) in [6.07, 6.45) is 0. The molecule has 0 saturated carbocycles. The van der Waals surface area contributed by atoms with E-state index in [1.807, 2.05) is 6.92 Å². The zero-order chi connectivity index (χ0) is 9.90. The van der Waals surface area contributed by atoms with Crippen molar-refractivity contribution in [1.82, 2.24) is 5.32 Å². The summed E-state index contributed by atoms with van der Waals surface area (Å²) in [7, 11) is 0. The molecule has 0 aromatic carbocycles. The van der Waals surface area contributed by atoms with Gasteiger partial charge in [-0.05, 0) is 0 Å².